The molecule has 0 aliphatic carbocycles. The van der Waals surface area contributed by atoms with E-state index in [-0.39, 0.29) is 6.04 Å². The smallest absolute Gasteiger partial charge is 0.174 e. The lowest BCUT2D eigenvalue weighted by atomic mass is 9.98. The molecule has 0 bridgehead atoms. The quantitative estimate of drug-likeness (QED) is 0.508. The van der Waals surface area contributed by atoms with Gasteiger partial charge in [0, 0.05) is 36.2 Å². The van der Waals surface area contributed by atoms with Crippen LogP contribution in [0.5, 0.6) is 11.5 Å². The highest BCUT2D eigenvalue weighted by molar-refractivity contribution is 7.80. The maximum absolute atomic E-state index is 6.03. The lowest BCUT2D eigenvalue weighted by Crippen LogP contribution is -2.44. The second kappa shape index (κ2) is 9.65. The minimum absolute atomic E-state index is 0.0809. The van der Waals surface area contributed by atoms with E-state index in [0.717, 1.165) is 53.8 Å². The van der Waals surface area contributed by atoms with Gasteiger partial charge in [-0.3, -0.25) is 0 Å². The van der Waals surface area contributed by atoms with Crippen LogP contribution in [0.2, 0.25) is 0 Å². The van der Waals surface area contributed by atoms with Gasteiger partial charge in [0.05, 0.1) is 14.2 Å². The fourth-order valence-electron chi connectivity index (χ4n) is 4.56. The van der Waals surface area contributed by atoms with Crippen molar-refractivity contribution in [2.75, 3.05) is 26.1 Å². The maximum Gasteiger partial charge on any atom is 0.174 e. The molecule has 3 aromatic rings. The van der Waals surface area contributed by atoms with Crippen LogP contribution in [-0.4, -0.2) is 35.3 Å². The van der Waals surface area contributed by atoms with Crippen molar-refractivity contribution in [3.05, 3.63) is 77.1 Å². The Hall–Kier alpha value is -2.99. The average molecular weight is 450 g/mol. The van der Waals surface area contributed by atoms with Crippen molar-refractivity contribution in [2.45, 2.75) is 39.3 Å². The summed E-state index contributed by atoms with van der Waals surface area (Å²) in [6.07, 6.45) is 4.04. The van der Waals surface area contributed by atoms with Gasteiger partial charge in [0.15, 0.2) is 5.11 Å². The second-order valence-electron chi connectivity index (χ2n) is 7.92. The van der Waals surface area contributed by atoms with Crippen LogP contribution in [0.4, 0.5) is 5.69 Å². The van der Waals surface area contributed by atoms with Crippen molar-refractivity contribution in [3.63, 3.8) is 0 Å². The molecule has 1 unspecified atom stereocenters. The molecule has 0 saturated carbocycles. The van der Waals surface area contributed by atoms with Gasteiger partial charge in [-0.15, -0.1) is 0 Å². The number of fused-ring (bicyclic) bond motifs is 1. The largest absolute Gasteiger partial charge is 0.497 e. The molecule has 1 aromatic heterocycles. The lowest BCUT2D eigenvalue weighted by molar-refractivity contribution is 0.284. The van der Waals surface area contributed by atoms with Crippen molar-refractivity contribution in [1.29, 1.82) is 0 Å². The lowest BCUT2D eigenvalue weighted by Gasteiger charge is -2.39. The van der Waals surface area contributed by atoms with Gasteiger partial charge in [0.1, 0.15) is 17.5 Å². The first-order valence-electron chi connectivity index (χ1n) is 11.2. The van der Waals surface area contributed by atoms with E-state index in [1.165, 1.54) is 16.8 Å². The summed E-state index contributed by atoms with van der Waals surface area (Å²) in [7, 11) is 3.40. The van der Waals surface area contributed by atoms with Crippen molar-refractivity contribution < 1.29 is 9.47 Å². The molecule has 1 N–H and O–H groups in total. The third-order valence-electron chi connectivity index (χ3n) is 6.26. The monoisotopic (exact) mass is 449 g/mol. The van der Waals surface area contributed by atoms with Gasteiger partial charge in [-0.05, 0) is 66.5 Å². The number of ether oxygens (including phenoxy) is 2. The van der Waals surface area contributed by atoms with Gasteiger partial charge >= 0.3 is 0 Å². The zero-order chi connectivity index (χ0) is 22.7. The third-order valence-corrected chi connectivity index (χ3v) is 6.60. The van der Waals surface area contributed by atoms with Crippen LogP contribution < -0.4 is 14.8 Å². The summed E-state index contributed by atoms with van der Waals surface area (Å²) in [5.41, 5.74) is 5.92. The molecule has 1 atom stereocenters. The summed E-state index contributed by atoms with van der Waals surface area (Å²) in [5.74, 6) is 1.62. The Bertz CT molecular complexity index is 1090. The highest BCUT2D eigenvalue weighted by Gasteiger charge is 2.33. The Morgan fingerprint density at radius 1 is 1.00 bits per heavy atom. The summed E-state index contributed by atoms with van der Waals surface area (Å²) >= 11 is 6.03. The molecule has 0 radical (unpaired) electrons. The third kappa shape index (κ3) is 4.07. The average Bonchev–Trinajstić information content (AvgIpc) is 3.32. The van der Waals surface area contributed by atoms with Gasteiger partial charge in [-0.2, -0.15) is 0 Å². The number of rotatable bonds is 6. The molecular weight excluding hydrogens is 418 g/mol. The van der Waals surface area contributed by atoms with E-state index < -0.39 is 0 Å². The van der Waals surface area contributed by atoms with Gasteiger partial charge in [-0.1, -0.05) is 32.0 Å². The summed E-state index contributed by atoms with van der Waals surface area (Å²) in [6, 6.07) is 16.6. The normalized spacial score (nSPS) is 15.2. The minimum Gasteiger partial charge on any atom is -0.497 e. The number of para-hydroxylation sites is 1. The molecule has 32 heavy (non-hydrogen) atoms. The molecule has 0 amide bonds. The molecule has 6 heteroatoms. The highest BCUT2D eigenvalue weighted by Crippen LogP contribution is 2.39. The van der Waals surface area contributed by atoms with Crippen molar-refractivity contribution in [3.8, 4) is 11.5 Å². The number of benzene rings is 2. The standard InChI is InChI=1S/C26H31N3O2S/c1-5-18-9-7-10-19(6-2)24(18)27-26(32)29-16-15-28-14-8-11-22(28)25(29)21-17-20(30-3)12-13-23(21)31-4/h7-14,17,25H,5-6,15-16H2,1-4H3,(H,27,32). The van der Waals surface area contributed by atoms with Gasteiger partial charge in [0.25, 0.3) is 0 Å². The van der Waals surface area contributed by atoms with E-state index in [1.807, 2.05) is 12.1 Å². The van der Waals surface area contributed by atoms with Crippen LogP contribution in [0, 0.1) is 0 Å². The Kier molecular flexibility index (Phi) is 6.70. The number of hydrogen-bond acceptors (Lipinski definition) is 3. The van der Waals surface area contributed by atoms with Crippen LogP contribution in [0.3, 0.4) is 0 Å². The number of hydrogen-bond donors (Lipinski definition) is 1. The van der Waals surface area contributed by atoms with Gasteiger partial charge < -0.3 is 24.3 Å². The predicted molar refractivity (Wildman–Crippen MR) is 134 cm³/mol. The number of anilines is 1. The Morgan fingerprint density at radius 2 is 1.75 bits per heavy atom. The van der Waals surface area contributed by atoms with Crippen LogP contribution >= 0.6 is 12.2 Å². The molecule has 5 nitrogen and oxygen atoms in total. The number of aromatic nitrogens is 1. The number of thiocarbonyl (C=S) groups is 1. The number of nitrogens with one attached hydrogen (secondary N) is 1. The number of nitrogens with zero attached hydrogens (tertiary/aromatic N) is 2. The Morgan fingerprint density at radius 3 is 2.41 bits per heavy atom. The summed E-state index contributed by atoms with van der Waals surface area (Å²) in [4.78, 5) is 2.27. The molecular formula is C26H31N3O2S. The van der Waals surface area contributed by atoms with E-state index >= 15 is 0 Å². The van der Waals surface area contributed by atoms with Crippen molar-refractivity contribution in [2.24, 2.45) is 0 Å². The zero-order valence-electron chi connectivity index (χ0n) is 19.2. The van der Waals surface area contributed by atoms with Crippen molar-refractivity contribution in [1.82, 2.24) is 9.47 Å². The van der Waals surface area contributed by atoms with E-state index in [2.05, 4.69) is 71.2 Å². The van der Waals surface area contributed by atoms with E-state index in [1.54, 1.807) is 14.2 Å². The minimum atomic E-state index is -0.0809. The zero-order valence-corrected chi connectivity index (χ0v) is 20.0. The van der Waals surface area contributed by atoms with E-state index in [4.69, 9.17) is 21.7 Å². The summed E-state index contributed by atoms with van der Waals surface area (Å²) in [5, 5.41) is 4.34. The first-order valence-corrected chi connectivity index (χ1v) is 11.6. The summed E-state index contributed by atoms with van der Waals surface area (Å²) < 4.78 is 13.6. The molecule has 1 aliphatic heterocycles. The molecule has 2 heterocycles. The summed E-state index contributed by atoms with van der Waals surface area (Å²) in [6.45, 7) is 6.04. The fourth-order valence-corrected chi connectivity index (χ4v) is 4.86. The first-order chi connectivity index (χ1) is 15.6. The fraction of sp³-hybridized carbons (Fsp3) is 0.346. The first kappa shape index (κ1) is 22.2. The molecule has 4 rings (SSSR count). The molecule has 0 spiro atoms. The molecule has 0 fully saturated rings. The van der Waals surface area contributed by atoms with Crippen LogP contribution in [-0.2, 0) is 19.4 Å². The van der Waals surface area contributed by atoms with E-state index in [0.29, 0.717) is 0 Å². The SMILES string of the molecule is CCc1cccc(CC)c1NC(=S)N1CCn2cccc2C1c1cc(OC)ccc1OC. The topological polar surface area (TPSA) is 38.7 Å². The van der Waals surface area contributed by atoms with Crippen LogP contribution in [0.25, 0.3) is 0 Å². The maximum atomic E-state index is 6.03. The predicted octanol–water partition coefficient (Wildman–Crippen LogP) is 5.43. The van der Waals surface area contributed by atoms with Crippen molar-refractivity contribution >= 4 is 23.0 Å². The molecule has 2 aromatic carbocycles. The van der Waals surface area contributed by atoms with Gasteiger partial charge in [0.2, 0.25) is 0 Å². The van der Waals surface area contributed by atoms with Gasteiger partial charge in [-0.25, -0.2) is 0 Å². The highest BCUT2D eigenvalue weighted by atomic mass is 32.1. The number of aryl methyl sites for hydroxylation is 2. The molecule has 1 aliphatic rings. The number of methoxy groups -OCH3 is 2. The second-order valence-corrected chi connectivity index (χ2v) is 8.31. The Balaban J connectivity index is 1.77. The van der Waals surface area contributed by atoms with Crippen LogP contribution in [0.1, 0.15) is 42.3 Å². The van der Waals surface area contributed by atoms with E-state index in [9.17, 15) is 0 Å². The molecule has 168 valence electrons. The molecule has 0 saturated heterocycles. The van der Waals surface area contributed by atoms with Crippen LogP contribution in [0.15, 0.2) is 54.7 Å². The Labute approximate surface area is 196 Å².